The number of guanidine groups is 2. The van der Waals surface area contributed by atoms with E-state index in [1.165, 1.54) is 14.7 Å². The number of rotatable bonds is 29. The van der Waals surface area contributed by atoms with E-state index in [0.717, 1.165) is 0 Å². The average molecular weight is 1040 g/mol. The van der Waals surface area contributed by atoms with Crippen molar-refractivity contribution in [3.63, 3.8) is 0 Å². The van der Waals surface area contributed by atoms with E-state index >= 15 is 0 Å². The first kappa shape index (κ1) is 59.4. The molecule has 410 valence electrons. The molecule has 19 N–H and O–H groups in total. The van der Waals surface area contributed by atoms with Gasteiger partial charge in [0.2, 0.25) is 47.3 Å². The number of benzene rings is 1. The molecule has 0 unspecified atom stereocenters. The lowest BCUT2D eigenvalue weighted by atomic mass is 10.0. The lowest BCUT2D eigenvalue weighted by molar-refractivity contribution is -0.147. The largest absolute Gasteiger partial charge is 0.480 e. The second-order valence-corrected chi connectivity index (χ2v) is 18.6. The smallest absolute Gasteiger partial charge is 0.326 e. The van der Waals surface area contributed by atoms with E-state index in [-0.39, 0.29) is 76.1 Å². The summed E-state index contributed by atoms with van der Waals surface area (Å²) in [5.41, 5.74) is 34.0. The molecule has 8 atom stereocenters. The van der Waals surface area contributed by atoms with E-state index in [2.05, 4.69) is 36.6 Å². The Balaban J connectivity index is 1.37. The zero-order chi connectivity index (χ0) is 54.3. The van der Waals surface area contributed by atoms with Crippen molar-refractivity contribution >= 4 is 65.1 Å². The van der Waals surface area contributed by atoms with E-state index in [9.17, 15) is 53.4 Å². The Morgan fingerprint density at radius 3 is 1.76 bits per heavy atom. The molecule has 27 nitrogen and oxygen atoms in total. The number of hydrogen-bond donors (Lipinski definition) is 13. The van der Waals surface area contributed by atoms with Crippen LogP contribution in [0.25, 0.3) is 0 Å². The van der Waals surface area contributed by atoms with Crippen LogP contribution in [0.2, 0.25) is 0 Å². The van der Waals surface area contributed by atoms with Crippen LogP contribution in [-0.4, -0.2) is 191 Å². The van der Waals surface area contributed by atoms with Crippen molar-refractivity contribution in [2.24, 2.45) is 44.4 Å². The first-order chi connectivity index (χ1) is 35.4. The quantitative estimate of drug-likeness (QED) is 0.0203. The van der Waals surface area contributed by atoms with Gasteiger partial charge >= 0.3 is 5.97 Å². The lowest BCUT2D eigenvalue weighted by Crippen LogP contribution is -2.59. The van der Waals surface area contributed by atoms with Crippen LogP contribution in [0.5, 0.6) is 0 Å². The average Bonchev–Trinajstić information content (AvgIpc) is 4.19. The molecule has 0 aliphatic carbocycles. The van der Waals surface area contributed by atoms with Crippen molar-refractivity contribution < 1.29 is 53.4 Å². The lowest BCUT2D eigenvalue weighted by Gasteiger charge is -2.32. The van der Waals surface area contributed by atoms with Gasteiger partial charge in [0, 0.05) is 39.1 Å². The number of aliphatic hydroxyl groups is 1. The second kappa shape index (κ2) is 30.2. The fourth-order valence-electron chi connectivity index (χ4n) is 9.25. The zero-order valence-electron chi connectivity index (χ0n) is 41.8. The van der Waals surface area contributed by atoms with E-state index in [0.29, 0.717) is 76.4 Å². The molecule has 1 aromatic rings. The van der Waals surface area contributed by atoms with Crippen LogP contribution in [0.15, 0.2) is 40.3 Å². The van der Waals surface area contributed by atoms with Crippen molar-refractivity contribution in [3.8, 4) is 0 Å². The van der Waals surface area contributed by atoms with Crippen LogP contribution < -0.4 is 61.0 Å². The Hall–Kier alpha value is -7.13. The maximum atomic E-state index is 14.0. The number of carbonyl (C=O) groups is 9. The highest BCUT2D eigenvalue weighted by atomic mass is 16.4. The van der Waals surface area contributed by atoms with Gasteiger partial charge in [-0.1, -0.05) is 30.3 Å². The minimum absolute atomic E-state index is 0.0193. The molecule has 0 saturated carbocycles. The summed E-state index contributed by atoms with van der Waals surface area (Å²) in [6.07, 6.45) is 4.14. The third kappa shape index (κ3) is 18.1. The Bertz CT molecular complexity index is 2160. The van der Waals surface area contributed by atoms with Crippen molar-refractivity contribution in [3.05, 3.63) is 35.9 Å². The molecule has 27 heteroatoms. The monoisotopic (exact) mass is 1040 g/mol. The third-order valence-corrected chi connectivity index (χ3v) is 13.1. The molecule has 0 spiro atoms. The van der Waals surface area contributed by atoms with Crippen molar-refractivity contribution in [1.29, 1.82) is 0 Å². The van der Waals surface area contributed by atoms with Crippen LogP contribution in [0.1, 0.15) is 89.0 Å². The van der Waals surface area contributed by atoms with Gasteiger partial charge in [-0.15, -0.1) is 0 Å². The van der Waals surface area contributed by atoms with Crippen LogP contribution >= 0.6 is 0 Å². The third-order valence-electron chi connectivity index (χ3n) is 13.1. The number of nitrogens with one attached hydrogen (secondary N) is 5. The highest BCUT2D eigenvalue weighted by Crippen LogP contribution is 2.26. The number of hydrogen-bond acceptors (Lipinski definition) is 14. The van der Waals surface area contributed by atoms with E-state index in [1.54, 1.807) is 30.3 Å². The number of nitrogens with zero attached hydrogens (tertiary/aromatic N) is 5. The fourth-order valence-corrected chi connectivity index (χ4v) is 9.25. The summed E-state index contributed by atoms with van der Waals surface area (Å²) in [7, 11) is 0. The summed E-state index contributed by atoms with van der Waals surface area (Å²) in [5, 5.41) is 33.1. The standard InChI is InChI=1S/C47H76N16O11/c48-19-5-4-14-30(57-37(65)26-56-40(68)34-16-8-23-62(34)44(72)36-18-10-24-63(36)42(70)29(49)13-6-20-54-46(50)51)38(66)60-33(27-64)43(71)61-22-9-17-35(61)41(69)59-32(25-28-11-2-1-3-12-28)39(67)58-31(45(73)74)15-7-21-55-47(52)53/h1-3,11-12,29-36,64H,4-10,13-27,48-49H2,(H,56,68)(H,57,65)(H,58,67)(H,59,69)(H,60,66)(H,73,74)(H4,50,51,54)(H4,52,53,55)/t29-,30-,31-,32-,33-,34-,35-,36-/m0/s1. The SMILES string of the molecule is NCCCC[C@H](NC(=O)CNC(=O)[C@@H]1CCCN1C(=O)[C@@H]1CCCN1C(=O)[C@@H](N)CCCN=C(N)N)C(=O)N[C@@H](CO)C(=O)N1CCC[C@H]1C(=O)N[C@@H](Cc1ccccc1)C(=O)N[C@@H](CCCN=C(N)N)C(=O)O. The van der Waals surface area contributed by atoms with Crippen LogP contribution in [0.3, 0.4) is 0 Å². The number of unbranched alkanes of at least 4 members (excludes halogenated alkanes) is 1. The fraction of sp³-hybridized carbons (Fsp3) is 0.638. The number of aliphatic carboxylic acids is 1. The Morgan fingerprint density at radius 2 is 1.16 bits per heavy atom. The van der Waals surface area contributed by atoms with Gasteiger partial charge in [-0.25, -0.2) is 4.79 Å². The van der Waals surface area contributed by atoms with Crippen LogP contribution in [-0.2, 0) is 49.6 Å². The molecule has 1 aromatic carbocycles. The number of carboxylic acid groups (broad SMARTS) is 1. The summed E-state index contributed by atoms with van der Waals surface area (Å²) < 4.78 is 0. The van der Waals surface area contributed by atoms with E-state index in [4.69, 9.17) is 34.4 Å². The minimum atomic E-state index is -1.56. The maximum absolute atomic E-state index is 14.0. The van der Waals surface area contributed by atoms with Crippen molar-refractivity contribution in [1.82, 2.24) is 41.3 Å². The molecule has 3 heterocycles. The van der Waals surface area contributed by atoms with Gasteiger partial charge < -0.3 is 85.9 Å². The molecule has 3 aliphatic heterocycles. The second-order valence-electron chi connectivity index (χ2n) is 18.6. The van der Waals surface area contributed by atoms with Gasteiger partial charge in [-0.3, -0.25) is 48.3 Å². The number of nitrogens with two attached hydrogens (primary N) is 6. The zero-order valence-corrected chi connectivity index (χ0v) is 41.8. The molecule has 8 amide bonds. The predicted octanol–water partition coefficient (Wildman–Crippen LogP) is -5.10. The van der Waals surface area contributed by atoms with Gasteiger partial charge in [0.15, 0.2) is 11.9 Å². The van der Waals surface area contributed by atoms with Crippen LogP contribution in [0, 0.1) is 0 Å². The number of amides is 8. The Morgan fingerprint density at radius 1 is 0.622 bits per heavy atom. The van der Waals surface area contributed by atoms with Gasteiger partial charge in [-0.2, -0.15) is 0 Å². The molecule has 3 fully saturated rings. The van der Waals surface area contributed by atoms with Gasteiger partial charge in [0.1, 0.15) is 42.3 Å². The number of aliphatic imine (C=N–C) groups is 2. The first-order valence-corrected chi connectivity index (χ1v) is 25.2. The number of likely N-dealkylation sites (tertiary alicyclic amines) is 3. The molecule has 3 saturated heterocycles. The molecule has 74 heavy (non-hydrogen) atoms. The van der Waals surface area contributed by atoms with E-state index < -0.39 is 109 Å². The molecule has 0 aromatic heterocycles. The molecule has 0 bridgehead atoms. The topological polar surface area (TPSA) is 445 Å². The van der Waals surface area contributed by atoms with Crippen molar-refractivity contribution in [2.45, 2.75) is 138 Å². The van der Waals surface area contributed by atoms with Gasteiger partial charge in [-0.05, 0) is 95.6 Å². The first-order valence-electron chi connectivity index (χ1n) is 25.2. The molecule has 0 radical (unpaired) electrons. The summed E-state index contributed by atoms with van der Waals surface area (Å²) in [5.74, 6) is -6.87. The Labute approximate surface area is 429 Å². The number of carbonyl (C=O) groups excluding carboxylic acids is 8. The Kier molecular flexibility index (Phi) is 24.2. The highest BCUT2D eigenvalue weighted by Gasteiger charge is 2.44. The summed E-state index contributed by atoms with van der Waals surface area (Å²) in [6.45, 7) is -0.121. The normalized spacial score (nSPS) is 19.2. The van der Waals surface area contributed by atoms with Gasteiger partial charge in [0.05, 0.1) is 19.2 Å². The van der Waals surface area contributed by atoms with Crippen molar-refractivity contribution in [2.75, 3.05) is 52.4 Å². The highest BCUT2D eigenvalue weighted by molar-refractivity contribution is 5.98. The van der Waals surface area contributed by atoms with Crippen LogP contribution in [0.4, 0.5) is 0 Å². The summed E-state index contributed by atoms with van der Waals surface area (Å²) >= 11 is 0. The van der Waals surface area contributed by atoms with Gasteiger partial charge in [0.25, 0.3) is 0 Å². The predicted molar refractivity (Wildman–Crippen MR) is 271 cm³/mol. The number of carboxylic acids is 1. The molecule has 3 aliphatic rings. The summed E-state index contributed by atoms with van der Waals surface area (Å²) in [6, 6.07) is -0.501. The number of aliphatic hydroxyl groups excluding tert-OH is 1. The molecular weight excluding hydrogens is 965 g/mol. The summed E-state index contributed by atoms with van der Waals surface area (Å²) in [4.78, 5) is 133. The maximum Gasteiger partial charge on any atom is 0.326 e. The molecular formula is C47H76N16O11. The minimum Gasteiger partial charge on any atom is -0.480 e. The van der Waals surface area contributed by atoms with E-state index in [1.807, 2.05) is 0 Å². The molecule has 4 rings (SSSR count).